The molecule has 2 heterocycles. The number of unbranched alkanes of at least 4 members (excludes halogenated alkanes) is 3. The van der Waals surface area contributed by atoms with Crippen molar-refractivity contribution in [3.8, 4) is 0 Å². The summed E-state index contributed by atoms with van der Waals surface area (Å²) in [6.45, 7) is 2.22. The minimum Gasteiger partial charge on any atom is -0.383 e. The molecule has 0 aliphatic rings. The van der Waals surface area contributed by atoms with Crippen LogP contribution in [0.2, 0.25) is 0 Å². The summed E-state index contributed by atoms with van der Waals surface area (Å²) in [7, 11) is 0. The third-order valence-electron chi connectivity index (χ3n) is 2.91. The van der Waals surface area contributed by atoms with Gasteiger partial charge in [-0.25, -0.2) is 4.98 Å². The fraction of sp³-hybridized carbons (Fsp3) is 0.462. The minimum absolute atomic E-state index is 0.798. The van der Waals surface area contributed by atoms with Gasteiger partial charge in [0.05, 0.1) is 5.69 Å². The number of hydrogen-bond acceptors (Lipinski definition) is 2. The first-order valence-electron chi connectivity index (χ1n) is 6.04. The Hall–Kier alpha value is -1.51. The number of rotatable bonds is 5. The molecule has 2 N–H and O–H groups in total. The molecule has 2 aromatic heterocycles. The van der Waals surface area contributed by atoms with Crippen LogP contribution in [-0.2, 0) is 6.42 Å². The topological polar surface area (TPSA) is 43.3 Å². The number of nitrogens with zero attached hydrogens (tertiary/aromatic N) is 2. The quantitative estimate of drug-likeness (QED) is 0.782. The second-order valence-electron chi connectivity index (χ2n) is 4.18. The zero-order valence-corrected chi connectivity index (χ0v) is 9.82. The average molecular weight is 217 g/mol. The van der Waals surface area contributed by atoms with Gasteiger partial charge in [-0.3, -0.25) is 4.40 Å². The number of nitrogen functional groups attached to an aromatic ring is 1. The second kappa shape index (κ2) is 5.01. The molecule has 0 aliphatic carbocycles. The molecule has 0 unspecified atom stereocenters. The number of pyridine rings is 1. The van der Waals surface area contributed by atoms with Gasteiger partial charge >= 0.3 is 0 Å². The minimum atomic E-state index is 0.798. The lowest BCUT2D eigenvalue weighted by Crippen LogP contribution is -1.96. The van der Waals surface area contributed by atoms with Crippen molar-refractivity contribution in [1.82, 2.24) is 9.38 Å². The van der Waals surface area contributed by atoms with Gasteiger partial charge in [-0.2, -0.15) is 0 Å². The smallest absolute Gasteiger partial charge is 0.138 e. The van der Waals surface area contributed by atoms with Crippen LogP contribution in [-0.4, -0.2) is 9.38 Å². The maximum atomic E-state index is 6.05. The van der Waals surface area contributed by atoms with Crippen molar-refractivity contribution in [2.24, 2.45) is 0 Å². The molecule has 3 heteroatoms. The molecule has 0 amide bonds. The molecule has 16 heavy (non-hydrogen) atoms. The van der Waals surface area contributed by atoms with Crippen LogP contribution in [0.3, 0.4) is 0 Å². The van der Waals surface area contributed by atoms with Crippen molar-refractivity contribution < 1.29 is 0 Å². The fourth-order valence-corrected chi connectivity index (χ4v) is 1.97. The van der Waals surface area contributed by atoms with E-state index >= 15 is 0 Å². The first kappa shape index (κ1) is 11.0. The van der Waals surface area contributed by atoms with Crippen molar-refractivity contribution in [3.63, 3.8) is 0 Å². The third kappa shape index (κ3) is 2.18. The molecule has 0 aliphatic heterocycles. The summed E-state index contributed by atoms with van der Waals surface area (Å²) in [5.41, 5.74) is 8.05. The highest BCUT2D eigenvalue weighted by atomic mass is 15.1. The number of hydrogen-bond donors (Lipinski definition) is 1. The molecule has 86 valence electrons. The van der Waals surface area contributed by atoms with E-state index in [0.717, 1.165) is 23.6 Å². The monoisotopic (exact) mass is 217 g/mol. The van der Waals surface area contributed by atoms with Crippen LogP contribution in [0.25, 0.3) is 5.65 Å². The normalized spacial score (nSPS) is 11.1. The summed E-state index contributed by atoms with van der Waals surface area (Å²) in [5, 5.41) is 0. The first-order chi connectivity index (χ1) is 7.83. The van der Waals surface area contributed by atoms with E-state index in [4.69, 9.17) is 5.73 Å². The summed E-state index contributed by atoms with van der Waals surface area (Å²) in [6.07, 6.45) is 7.97. The zero-order valence-electron chi connectivity index (χ0n) is 9.82. The van der Waals surface area contributed by atoms with E-state index in [0.29, 0.717) is 0 Å². The van der Waals surface area contributed by atoms with Crippen molar-refractivity contribution in [1.29, 1.82) is 0 Å². The molecule has 2 rings (SSSR count). The zero-order chi connectivity index (χ0) is 11.4. The Labute approximate surface area is 96.3 Å². The predicted molar refractivity (Wildman–Crippen MR) is 67.5 cm³/mol. The number of anilines is 1. The van der Waals surface area contributed by atoms with Crippen LogP contribution in [0, 0.1) is 0 Å². The van der Waals surface area contributed by atoms with Gasteiger partial charge in [0, 0.05) is 6.20 Å². The summed E-state index contributed by atoms with van der Waals surface area (Å²) >= 11 is 0. The van der Waals surface area contributed by atoms with Crippen LogP contribution >= 0.6 is 0 Å². The highest BCUT2D eigenvalue weighted by Crippen LogP contribution is 2.17. The average Bonchev–Trinajstić information content (AvgIpc) is 2.63. The highest BCUT2D eigenvalue weighted by molar-refractivity contribution is 5.52. The first-order valence-corrected chi connectivity index (χ1v) is 6.04. The number of imidazole rings is 1. The number of aryl methyl sites for hydroxylation is 1. The van der Waals surface area contributed by atoms with Gasteiger partial charge in [-0.05, 0) is 25.0 Å². The Balaban J connectivity index is 2.09. The lowest BCUT2D eigenvalue weighted by Gasteiger charge is -1.98. The number of fused-ring (bicyclic) bond motifs is 1. The molecule has 0 aromatic carbocycles. The van der Waals surface area contributed by atoms with Crippen LogP contribution < -0.4 is 5.73 Å². The molecule has 2 aromatic rings. The second-order valence-corrected chi connectivity index (χ2v) is 4.18. The van der Waals surface area contributed by atoms with Crippen LogP contribution in [0.1, 0.15) is 38.3 Å². The van der Waals surface area contributed by atoms with E-state index in [-0.39, 0.29) is 0 Å². The maximum absolute atomic E-state index is 6.05. The molecule has 0 saturated carbocycles. The fourth-order valence-electron chi connectivity index (χ4n) is 1.97. The number of nitrogens with two attached hydrogens (primary N) is 1. The molecule has 0 spiro atoms. The van der Waals surface area contributed by atoms with Gasteiger partial charge in [0.25, 0.3) is 0 Å². The molecule has 0 radical (unpaired) electrons. The van der Waals surface area contributed by atoms with E-state index in [1.807, 2.05) is 28.8 Å². The molecule has 0 atom stereocenters. The van der Waals surface area contributed by atoms with Crippen molar-refractivity contribution in [3.05, 3.63) is 30.1 Å². The van der Waals surface area contributed by atoms with Gasteiger partial charge in [-0.1, -0.05) is 32.3 Å². The van der Waals surface area contributed by atoms with E-state index in [9.17, 15) is 0 Å². The standard InChI is InChI=1S/C13H19N3/c1-2-3-4-5-8-11-13(14)16-10-7-6-9-12(16)15-11/h6-7,9-10H,2-5,8,14H2,1H3. The molecular weight excluding hydrogens is 198 g/mol. The van der Waals surface area contributed by atoms with Gasteiger partial charge in [0.2, 0.25) is 0 Å². The Morgan fingerprint density at radius 2 is 2.12 bits per heavy atom. The number of aromatic nitrogens is 2. The Bertz CT molecular complexity index is 459. The molecule has 0 bridgehead atoms. The lowest BCUT2D eigenvalue weighted by molar-refractivity contribution is 0.663. The summed E-state index contributed by atoms with van der Waals surface area (Å²) < 4.78 is 1.95. The summed E-state index contributed by atoms with van der Waals surface area (Å²) in [5.74, 6) is 0.798. The van der Waals surface area contributed by atoms with Gasteiger partial charge in [0.1, 0.15) is 11.5 Å². The molecule has 3 nitrogen and oxygen atoms in total. The van der Waals surface area contributed by atoms with Gasteiger partial charge in [-0.15, -0.1) is 0 Å². The van der Waals surface area contributed by atoms with Gasteiger partial charge in [0.15, 0.2) is 0 Å². The van der Waals surface area contributed by atoms with E-state index < -0.39 is 0 Å². The molecule has 0 fully saturated rings. The lowest BCUT2D eigenvalue weighted by atomic mass is 10.1. The Morgan fingerprint density at radius 3 is 2.88 bits per heavy atom. The van der Waals surface area contributed by atoms with Crippen molar-refractivity contribution in [2.75, 3.05) is 5.73 Å². The van der Waals surface area contributed by atoms with Crippen LogP contribution in [0.15, 0.2) is 24.4 Å². The van der Waals surface area contributed by atoms with E-state index in [2.05, 4.69) is 11.9 Å². The molecular formula is C13H19N3. The SMILES string of the molecule is CCCCCCc1nc2ccccn2c1N. The van der Waals surface area contributed by atoms with E-state index in [1.165, 1.54) is 25.7 Å². The predicted octanol–water partition coefficient (Wildman–Crippen LogP) is 3.04. The van der Waals surface area contributed by atoms with Crippen molar-refractivity contribution >= 4 is 11.5 Å². The summed E-state index contributed by atoms with van der Waals surface area (Å²) in [4.78, 5) is 4.55. The van der Waals surface area contributed by atoms with Crippen molar-refractivity contribution in [2.45, 2.75) is 39.0 Å². The third-order valence-corrected chi connectivity index (χ3v) is 2.91. The largest absolute Gasteiger partial charge is 0.383 e. The van der Waals surface area contributed by atoms with Crippen LogP contribution in [0.5, 0.6) is 0 Å². The van der Waals surface area contributed by atoms with Gasteiger partial charge < -0.3 is 5.73 Å². The van der Waals surface area contributed by atoms with E-state index in [1.54, 1.807) is 0 Å². The molecule has 0 saturated heterocycles. The maximum Gasteiger partial charge on any atom is 0.138 e. The Morgan fingerprint density at radius 1 is 1.25 bits per heavy atom. The van der Waals surface area contributed by atoms with Crippen LogP contribution in [0.4, 0.5) is 5.82 Å². The highest BCUT2D eigenvalue weighted by Gasteiger charge is 2.07. The summed E-state index contributed by atoms with van der Waals surface area (Å²) in [6, 6.07) is 5.96. The Kier molecular flexibility index (Phi) is 3.44.